The molecule has 1 aromatic carbocycles. The summed E-state index contributed by atoms with van der Waals surface area (Å²) < 4.78 is 18.9. The van der Waals surface area contributed by atoms with Gasteiger partial charge in [0.2, 0.25) is 0 Å². The van der Waals surface area contributed by atoms with E-state index < -0.39 is 5.82 Å². The van der Waals surface area contributed by atoms with Crippen LogP contribution in [0.4, 0.5) is 4.39 Å². The Balaban J connectivity index is 2.48. The van der Waals surface area contributed by atoms with Crippen molar-refractivity contribution in [2.24, 2.45) is 0 Å². The Morgan fingerprint density at radius 2 is 2.38 bits per heavy atom. The second kappa shape index (κ2) is 6.27. The molecule has 1 rings (SSSR count). The second-order valence-electron chi connectivity index (χ2n) is 2.96. The second-order valence-corrected chi connectivity index (χ2v) is 3.87. The topological polar surface area (TPSA) is 38.3 Å². The molecule has 0 unspecified atom stereocenters. The Morgan fingerprint density at radius 1 is 1.62 bits per heavy atom. The first-order valence-corrected chi connectivity index (χ1v) is 5.38. The van der Waals surface area contributed by atoms with Gasteiger partial charge in [-0.1, -0.05) is 22.0 Å². The SMILES string of the molecule is C=CCNC(=O)COc1ccc(Br)cc1F. The van der Waals surface area contributed by atoms with E-state index in [0.29, 0.717) is 11.0 Å². The molecule has 5 heteroatoms. The molecule has 0 heterocycles. The average Bonchev–Trinajstić information content (AvgIpc) is 2.25. The largest absolute Gasteiger partial charge is 0.481 e. The lowest BCUT2D eigenvalue weighted by Gasteiger charge is -2.07. The van der Waals surface area contributed by atoms with Crippen LogP contribution < -0.4 is 10.1 Å². The molecule has 16 heavy (non-hydrogen) atoms. The van der Waals surface area contributed by atoms with Gasteiger partial charge in [-0.25, -0.2) is 4.39 Å². The molecule has 0 atom stereocenters. The number of amides is 1. The van der Waals surface area contributed by atoms with Gasteiger partial charge in [0.25, 0.3) is 5.91 Å². The molecule has 0 radical (unpaired) electrons. The molecule has 0 saturated heterocycles. The maximum absolute atomic E-state index is 13.3. The van der Waals surface area contributed by atoms with E-state index in [9.17, 15) is 9.18 Å². The number of ether oxygens (including phenoxy) is 1. The van der Waals surface area contributed by atoms with E-state index in [1.807, 2.05) is 0 Å². The number of halogens is 2. The van der Waals surface area contributed by atoms with E-state index in [1.165, 1.54) is 12.1 Å². The maximum Gasteiger partial charge on any atom is 0.258 e. The van der Waals surface area contributed by atoms with E-state index in [1.54, 1.807) is 12.1 Å². The van der Waals surface area contributed by atoms with Crippen LogP contribution in [0.3, 0.4) is 0 Å². The van der Waals surface area contributed by atoms with Gasteiger partial charge in [-0.15, -0.1) is 6.58 Å². The zero-order valence-corrected chi connectivity index (χ0v) is 10.1. The Hall–Kier alpha value is -1.36. The van der Waals surface area contributed by atoms with Gasteiger partial charge in [0.1, 0.15) is 0 Å². The molecule has 0 aromatic heterocycles. The van der Waals surface area contributed by atoms with Crippen molar-refractivity contribution >= 4 is 21.8 Å². The molecule has 0 aliphatic heterocycles. The molecule has 0 bridgehead atoms. The first kappa shape index (κ1) is 12.7. The monoisotopic (exact) mass is 287 g/mol. The lowest BCUT2D eigenvalue weighted by atomic mass is 10.3. The minimum atomic E-state index is -0.508. The predicted octanol–water partition coefficient (Wildman–Crippen LogP) is 2.27. The van der Waals surface area contributed by atoms with Crippen LogP contribution in [0, 0.1) is 5.82 Å². The van der Waals surface area contributed by atoms with Gasteiger partial charge < -0.3 is 10.1 Å². The van der Waals surface area contributed by atoms with Crippen molar-refractivity contribution in [3.8, 4) is 5.75 Å². The number of hydrogen-bond acceptors (Lipinski definition) is 2. The molecule has 1 aromatic rings. The van der Waals surface area contributed by atoms with Crippen molar-refractivity contribution < 1.29 is 13.9 Å². The fourth-order valence-corrected chi connectivity index (χ4v) is 1.31. The van der Waals surface area contributed by atoms with Crippen molar-refractivity contribution in [1.29, 1.82) is 0 Å². The molecule has 86 valence electrons. The van der Waals surface area contributed by atoms with Crippen LogP contribution in [0.5, 0.6) is 5.75 Å². The Bertz CT molecular complexity index is 396. The highest BCUT2D eigenvalue weighted by Gasteiger charge is 2.06. The molecular weight excluding hydrogens is 277 g/mol. The van der Waals surface area contributed by atoms with Crippen LogP contribution in [0.15, 0.2) is 35.3 Å². The summed E-state index contributed by atoms with van der Waals surface area (Å²) in [7, 11) is 0. The maximum atomic E-state index is 13.3. The molecule has 0 spiro atoms. The van der Waals surface area contributed by atoms with E-state index in [2.05, 4.69) is 27.8 Å². The Labute approximate surface area is 101 Å². The van der Waals surface area contributed by atoms with Crippen molar-refractivity contribution in [3.63, 3.8) is 0 Å². The first-order chi connectivity index (χ1) is 7.63. The van der Waals surface area contributed by atoms with Gasteiger partial charge >= 0.3 is 0 Å². The van der Waals surface area contributed by atoms with E-state index in [0.717, 1.165) is 0 Å². The fourth-order valence-electron chi connectivity index (χ4n) is 0.973. The standard InChI is InChI=1S/C11H11BrFNO2/c1-2-5-14-11(15)7-16-10-4-3-8(12)6-9(10)13/h2-4,6H,1,5,7H2,(H,14,15). The number of carbonyl (C=O) groups is 1. The summed E-state index contributed by atoms with van der Waals surface area (Å²) in [5, 5.41) is 2.52. The molecular formula is C11H11BrFNO2. The summed E-state index contributed by atoms with van der Waals surface area (Å²) in [5.41, 5.74) is 0. The molecule has 0 fully saturated rings. The van der Waals surface area contributed by atoms with Crippen LogP contribution in [0.1, 0.15) is 0 Å². The van der Waals surface area contributed by atoms with Gasteiger partial charge in [-0.2, -0.15) is 0 Å². The lowest BCUT2D eigenvalue weighted by molar-refractivity contribution is -0.122. The van der Waals surface area contributed by atoms with Gasteiger partial charge in [0.15, 0.2) is 18.2 Å². The van der Waals surface area contributed by atoms with Crippen molar-refractivity contribution in [2.75, 3.05) is 13.2 Å². The molecule has 0 saturated carbocycles. The Kier molecular flexibility index (Phi) is 4.98. The summed E-state index contributed by atoms with van der Waals surface area (Å²) in [4.78, 5) is 11.1. The zero-order valence-electron chi connectivity index (χ0n) is 8.50. The molecule has 0 aliphatic carbocycles. The summed E-state index contributed by atoms with van der Waals surface area (Å²) in [6.07, 6.45) is 1.55. The molecule has 3 nitrogen and oxygen atoms in total. The minimum absolute atomic E-state index is 0.0527. The predicted molar refractivity (Wildman–Crippen MR) is 62.8 cm³/mol. The summed E-state index contributed by atoms with van der Waals surface area (Å²) >= 11 is 3.12. The van der Waals surface area contributed by atoms with Crippen LogP contribution >= 0.6 is 15.9 Å². The number of hydrogen-bond donors (Lipinski definition) is 1. The van der Waals surface area contributed by atoms with E-state index in [-0.39, 0.29) is 18.3 Å². The average molecular weight is 288 g/mol. The highest BCUT2D eigenvalue weighted by Crippen LogP contribution is 2.21. The Morgan fingerprint density at radius 3 is 3.00 bits per heavy atom. The van der Waals surface area contributed by atoms with Gasteiger partial charge in [0, 0.05) is 11.0 Å². The highest BCUT2D eigenvalue weighted by atomic mass is 79.9. The normalized spacial score (nSPS) is 9.62. The third-order valence-corrected chi connectivity index (χ3v) is 2.19. The number of rotatable bonds is 5. The number of carbonyl (C=O) groups excluding carboxylic acids is 1. The summed E-state index contributed by atoms with van der Waals surface area (Å²) in [6.45, 7) is 3.60. The van der Waals surface area contributed by atoms with Gasteiger partial charge in [0.05, 0.1) is 0 Å². The van der Waals surface area contributed by atoms with Crippen molar-refractivity contribution in [2.45, 2.75) is 0 Å². The fraction of sp³-hybridized carbons (Fsp3) is 0.182. The van der Waals surface area contributed by atoms with Crippen molar-refractivity contribution in [3.05, 3.63) is 41.1 Å². The third kappa shape index (κ3) is 4.02. The lowest BCUT2D eigenvalue weighted by Crippen LogP contribution is -2.28. The van der Waals surface area contributed by atoms with Gasteiger partial charge in [-0.3, -0.25) is 4.79 Å². The molecule has 1 N–H and O–H groups in total. The van der Waals surface area contributed by atoms with Crippen LogP contribution in [0.25, 0.3) is 0 Å². The number of nitrogens with one attached hydrogen (secondary N) is 1. The first-order valence-electron chi connectivity index (χ1n) is 4.59. The minimum Gasteiger partial charge on any atom is -0.481 e. The van der Waals surface area contributed by atoms with Crippen LogP contribution in [0.2, 0.25) is 0 Å². The van der Waals surface area contributed by atoms with E-state index in [4.69, 9.17) is 4.74 Å². The van der Waals surface area contributed by atoms with E-state index >= 15 is 0 Å². The molecule has 1 amide bonds. The molecule has 0 aliphatic rings. The summed E-state index contributed by atoms with van der Waals surface area (Å²) in [5.74, 6) is -0.773. The quantitative estimate of drug-likeness (QED) is 0.844. The van der Waals surface area contributed by atoms with Crippen molar-refractivity contribution in [1.82, 2.24) is 5.32 Å². The smallest absolute Gasteiger partial charge is 0.258 e. The third-order valence-electron chi connectivity index (χ3n) is 1.70. The highest BCUT2D eigenvalue weighted by molar-refractivity contribution is 9.10. The summed E-state index contributed by atoms with van der Waals surface area (Å²) in [6, 6.07) is 4.37. The zero-order chi connectivity index (χ0) is 12.0. The number of benzene rings is 1. The van der Waals surface area contributed by atoms with Gasteiger partial charge in [-0.05, 0) is 18.2 Å². The van der Waals surface area contributed by atoms with Crippen LogP contribution in [-0.2, 0) is 4.79 Å². The van der Waals surface area contributed by atoms with Crippen LogP contribution in [-0.4, -0.2) is 19.1 Å².